The standard InChI is InChI=1S/C30H33FNOSi.C30H34NOSi.C29H32NOSi/c1-17(2)34(7,8)22-10-12-26-24(16-22)19(4)14-27(32(26)6)29-20(5)18(3)13-25-23-11-9-21(31)15-28(23)33-30(25)29;1-18(2)33(7,8)22-13-14-26-24(17-22)20(4)16-27(31(26)6)29-21(5)19(3)15-25-23-11-9-10-12-28(23)32-30(25)29;1-18(2)32(6,7)21-13-15-25-24(17-21)20(4)16-26(30(25)5)28-19(3)12-14-23-22-10-8-9-11-27(22)31-29(23)28/h9-17H,1-8H3;9-18H,1-8H3;8-18H,1-7H3/q3*+1. The summed E-state index contributed by atoms with van der Waals surface area (Å²) in [7, 11) is 2.02. The molecule has 99 heavy (non-hydrogen) atoms. The average Bonchev–Trinajstić information content (AvgIpc) is 1.63. The van der Waals surface area contributed by atoms with Gasteiger partial charge in [-0.05, 0) is 171 Å². The average molecular weight is 1360 g/mol. The monoisotopic (exact) mass is 1360 g/mol. The second kappa shape index (κ2) is 25.4. The highest BCUT2D eigenvalue weighted by Crippen LogP contribution is 2.43. The summed E-state index contributed by atoms with van der Waals surface area (Å²) in [5.41, 5.74) is 28.2. The van der Waals surface area contributed by atoms with Crippen LogP contribution in [0.2, 0.25) is 55.9 Å². The lowest BCUT2D eigenvalue weighted by Gasteiger charge is -2.27. The van der Waals surface area contributed by atoms with Crippen LogP contribution in [0.25, 0.3) is 132 Å². The smallest absolute Gasteiger partial charge is 0.217 e. The Labute approximate surface area is 587 Å². The number of pyridine rings is 3. The molecule has 0 bridgehead atoms. The molecule has 0 amide bonds. The molecule has 0 aliphatic heterocycles. The highest BCUT2D eigenvalue weighted by Gasteiger charge is 2.34. The zero-order chi connectivity index (χ0) is 71.0. The van der Waals surface area contributed by atoms with Gasteiger partial charge in [0.1, 0.15) is 60.5 Å². The number of fused-ring (bicyclic) bond motifs is 12. The topological polar surface area (TPSA) is 51.1 Å². The summed E-state index contributed by atoms with van der Waals surface area (Å²) >= 11 is 0. The van der Waals surface area contributed by atoms with Crippen molar-refractivity contribution >= 4 is 138 Å². The predicted octanol–water partition coefficient (Wildman–Crippen LogP) is 22.3. The molecule has 0 aliphatic rings. The third-order valence-corrected chi connectivity index (χ3v) is 38.1. The van der Waals surface area contributed by atoms with Gasteiger partial charge in [0.15, 0.2) is 0 Å². The molecule has 0 spiro atoms. The molecule has 6 aromatic heterocycles. The molecule has 0 aliphatic carbocycles. The number of furan rings is 3. The van der Waals surface area contributed by atoms with Crippen LogP contribution < -0.4 is 29.3 Å². The predicted molar refractivity (Wildman–Crippen MR) is 428 cm³/mol. The van der Waals surface area contributed by atoms with Gasteiger partial charge in [-0.2, -0.15) is 13.7 Å². The van der Waals surface area contributed by atoms with Crippen LogP contribution >= 0.6 is 0 Å². The van der Waals surface area contributed by atoms with E-state index in [0.29, 0.717) is 22.2 Å². The number of aromatic nitrogens is 3. The largest absolute Gasteiger partial charge is 0.455 e. The van der Waals surface area contributed by atoms with Crippen LogP contribution in [0.15, 0.2) is 177 Å². The Morgan fingerprint density at radius 1 is 0.303 bits per heavy atom. The van der Waals surface area contributed by atoms with Gasteiger partial charge in [0.05, 0.1) is 40.9 Å². The van der Waals surface area contributed by atoms with Gasteiger partial charge >= 0.3 is 0 Å². The Morgan fingerprint density at radius 2 is 0.636 bits per heavy atom. The maximum atomic E-state index is 13.9. The fourth-order valence-corrected chi connectivity index (χ4v) is 20.0. The van der Waals surface area contributed by atoms with Crippen LogP contribution in [0.1, 0.15) is 86.1 Å². The van der Waals surface area contributed by atoms with Crippen molar-refractivity contribution in [3.05, 3.63) is 214 Å². The molecule has 0 unspecified atom stereocenters. The molecule has 0 saturated heterocycles. The van der Waals surface area contributed by atoms with E-state index in [2.05, 4.69) is 305 Å². The summed E-state index contributed by atoms with van der Waals surface area (Å²) in [6, 6.07) is 58.7. The zero-order valence-electron chi connectivity index (χ0n) is 62.8. The van der Waals surface area contributed by atoms with Crippen LogP contribution in [0, 0.1) is 61.2 Å². The van der Waals surface area contributed by atoms with Crippen LogP contribution in [0.3, 0.4) is 0 Å². The third-order valence-electron chi connectivity index (χ3n) is 24.0. The first kappa shape index (κ1) is 68.7. The number of halogens is 1. The Morgan fingerprint density at radius 3 is 1.03 bits per heavy atom. The normalized spacial score (nSPS) is 12.5. The van der Waals surface area contributed by atoms with Gasteiger partial charge < -0.3 is 13.3 Å². The zero-order valence-corrected chi connectivity index (χ0v) is 65.8. The molecule has 15 aromatic rings. The Balaban J connectivity index is 0.000000133. The van der Waals surface area contributed by atoms with Crippen LogP contribution in [0.5, 0.6) is 0 Å². The lowest BCUT2D eigenvalue weighted by atomic mass is 9.95. The molecular formula is C89H99FN3O3Si3+3. The third kappa shape index (κ3) is 11.6. The molecule has 6 nitrogen and oxygen atoms in total. The number of nitrogens with zero attached hydrogens (tertiary/aromatic N) is 3. The second-order valence-electron chi connectivity index (χ2n) is 31.4. The molecule has 0 saturated carbocycles. The van der Waals surface area contributed by atoms with Gasteiger partial charge in [-0.3, -0.25) is 0 Å². The van der Waals surface area contributed by atoms with Crippen molar-refractivity contribution in [2.45, 2.75) is 153 Å². The molecule has 0 atom stereocenters. The van der Waals surface area contributed by atoms with Gasteiger partial charge in [-0.1, -0.05) is 163 Å². The number of hydrogen-bond donors (Lipinski definition) is 0. The van der Waals surface area contributed by atoms with Crippen LogP contribution in [-0.2, 0) is 21.1 Å². The lowest BCUT2D eigenvalue weighted by Crippen LogP contribution is -2.44. The summed E-state index contributed by atoms with van der Waals surface area (Å²) in [5.74, 6) is -0.280. The summed E-state index contributed by atoms with van der Waals surface area (Å²) in [4.78, 5) is 0. The van der Waals surface area contributed by atoms with E-state index in [1.54, 1.807) is 0 Å². The van der Waals surface area contributed by atoms with Gasteiger partial charge in [0.2, 0.25) is 33.6 Å². The van der Waals surface area contributed by atoms with Crippen molar-refractivity contribution < 1.29 is 31.3 Å². The summed E-state index contributed by atoms with van der Waals surface area (Å²) in [5, 5.41) is 15.3. The number of hydrogen-bond acceptors (Lipinski definition) is 3. The molecular weight excluding hydrogens is 1260 g/mol. The first-order valence-electron chi connectivity index (χ1n) is 35.6. The minimum absolute atomic E-state index is 0.280. The summed E-state index contributed by atoms with van der Waals surface area (Å²) in [6.07, 6.45) is 0. The number of aryl methyl sites for hydroxylation is 9. The van der Waals surface area contributed by atoms with E-state index in [-0.39, 0.29) is 5.82 Å². The van der Waals surface area contributed by atoms with Crippen molar-refractivity contribution in [2.24, 2.45) is 21.1 Å². The van der Waals surface area contributed by atoms with Crippen molar-refractivity contribution in [1.82, 2.24) is 0 Å². The van der Waals surface area contributed by atoms with Gasteiger partial charge in [-0.25, -0.2) is 4.39 Å². The molecule has 10 heteroatoms. The Hall–Kier alpha value is -8.81. The highest BCUT2D eigenvalue weighted by molar-refractivity contribution is 6.92. The highest BCUT2D eigenvalue weighted by atomic mass is 28.3. The van der Waals surface area contributed by atoms with Crippen molar-refractivity contribution in [3.8, 4) is 33.8 Å². The first-order valence-corrected chi connectivity index (χ1v) is 44.8. The van der Waals surface area contributed by atoms with Gasteiger partial charge in [-0.15, -0.1) is 0 Å². The Bertz CT molecular complexity index is 5800. The van der Waals surface area contributed by atoms with E-state index in [9.17, 15) is 4.39 Å². The quantitative estimate of drug-likeness (QED) is 0.107. The van der Waals surface area contributed by atoms with Crippen molar-refractivity contribution in [1.29, 1.82) is 0 Å². The van der Waals surface area contributed by atoms with Crippen molar-refractivity contribution in [3.63, 3.8) is 0 Å². The van der Waals surface area contributed by atoms with E-state index in [4.69, 9.17) is 13.3 Å². The molecule has 0 N–H and O–H groups in total. The molecule has 0 fully saturated rings. The SMILES string of the molecule is Cc1cc2c(oc3cc(F)ccc32)c(-c2cc(C)c3cc([Si](C)(C)C(C)C)ccc3[n+]2C)c1C.Cc1cc2c(oc3ccccc32)c(-c2cc(C)c3cc([Si](C)(C)C(C)C)ccc3[n+]2C)c1C.Cc1ccc2c(oc3ccccc32)c1-c1cc(C)c2cc([Si](C)(C)C(C)C)ccc2[n+]1C. The van der Waals surface area contributed by atoms with Gasteiger partial charge in [0, 0.05) is 90.9 Å². The van der Waals surface area contributed by atoms with E-state index in [1.807, 2.05) is 18.2 Å². The fraction of sp³-hybridized carbons (Fsp3) is 0.292. The minimum atomic E-state index is -1.52. The van der Waals surface area contributed by atoms with E-state index in [0.717, 1.165) is 49.9 Å². The molecule has 6 heterocycles. The first-order chi connectivity index (χ1) is 46.8. The fourth-order valence-electron chi connectivity index (χ4n) is 14.9. The second-order valence-corrected chi connectivity index (χ2v) is 46.9. The summed E-state index contributed by atoms with van der Waals surface area (Å²) in [6.45, 7) is 46.6. The van der Waals surface area contributed by atoms with E-state index >= 15 is 0 Å². The lowest BCUT2D eigenvalue weighted by molar-refractivity contribution is -0.633. The maximum Gasteiger partial charge on any atom is 0.217 e. The molecule has 15 rings (SSSR count). The van der Waals surface area contributed by atoms with Crippen LogP contribution in [-0.4, -0.2) is 24.2 Å². The van der Waals surface area contributed by atoms with E-state index in [1.165, 1.54) is 149 Å². The maximum absolute atomic E-state index is 13.9. The van der Waals surface area contributed by atoms with Crippen LogP contribution in [0.4, 0.5) is 4.39 Å². The van der Waals surface area contributed by atoms with E-state index < -0.39 is 24.2 Å². The summed E-state index contributed by atoms with van der Waals surface area (Å²) < 4.78 is 40.1. The minimum Gasteiger partial charge on any atom is -0.455 e. The Kier molecular flexibility index (Phi) is 17.6. The number of benzene rings is 9. The molecule has 504 valence electrons. The number of rotatable bonds is 9. The molecule has 9 aromatic carbocycles. The number of para-hydroxylation sites is 2. The van der Waals surface area contributed by atoms with Gasteiger partial charge in [0.25, 0.3) is 0 Å². The molecule has 0 radical (unpaired) electrons. The van der Waals surface area contributed by atoms with Crippen molar-refractivity contribution in [2.75, 3.05) is 0 Å².